The largest absolute Gasteiger partial charge is 0.573 e. The summed E-state index contributed by atoms with van der Waals surface area (Å²) in [6.07, 6.45) is -0.811. The van der Waals surface area contributed by atoms with E-state index in [4.69, 9.17) is 10.5 Å². The van der Waals surface area contributed by atoms with Gasteiger partial charge < -0.3 is 15.2 Å². The number of rotatable bonds is 7. The number of alkyl halides is 3. The highest BCUT2D eigenvalue weighted by atomic mass is 35.5. The first-order chi connectivity index (χ1) is 9.37. The van der Waals surface area contributed by atoms with E-state index in [1.165, 1.54) is 25.3 Å². The Morgan fingerprint density at radius 1 is 1.24 bits per heavy atom. The second-order valence-electron chi connectivity index (χ2n) is 4.55. The van der Waals surface area contributed by atoms with Gasteiger partial charge in [0.25, 0.3) is 0 Å². The first-order valence-electron chi connectivity index (χ1n) is 6.56. The van der Waals surface area contributed by atoms with E-state index in [-0.39, 0.29) is 24.2 Å². The number of benzene rings is 1. The minimum Gasteiger partial charge on any atom is -0.496 e. The molecule has 0 aromatic heterocycles. The number of halogens is 4. The third-order valence-corrected chi connectivity index (χ3v) is 2.96. The van der Waals surface area contributed by atoms with Gasteiger partial charge in [0.15, 0.2) is 0 Å². The smallest absolute Gasteiger partial charge is 0.496 e. The van der Waals surface area contributed by atoms with Crippen LogP contribution >= 0.6 is 12.4 Å². The van der Waals surface area contributed by atoms with Gasteiger partial charge in [-0.3, -0.25) is 0 Å². The SMILES string of the molecule is CCCCC[C@H](N)c1ccc(OC(F)(F)F)cc1OC.Cl. The normalized spacial score (nSPS) is 12.5. The maximum atomic E-state index is 12.2. The van der Waals surface area contributed by atoms with Crippen LogP contribution in [0.25, 0.3) is 0 Å². The molecule has 0 saturated heterocycles. The molecule has 0 bridgehead atoms. The molecule has 0 heterocycles. The van der Waals surface area contributed by atoms with Crippen LogP contribution in [0.5, 0.6) is 11.5 Å². The molecule has 1 aromatic rings. The summed E-state index contributed by atoms with van der Waals surface area (Å²) in [6, 6.07) is 3.74. The number of nitrogens with two attached hydrogens (primary N) is 1. The summed E-state index contributed by atoms with van der Waals surface area (Å²) in [5.74, 6) is 0.00890. The van der Waals surface area contributed by atoms with Crippen LogP contribution in [0, 0.1) is 0 Å². The zero-order valence-corrected chi connectivity index (χ0v) is 12.9. The monoisotopic (exact) mass is 327 g/mol. The fourth-order valence-electron chi connectivity index (χ4n) is 1.96. The Kier molecular flexibility index (Phi) is 8.51. The van der Waals surface area contributed by atoms with E-state index >= 15 is 0 Å². The predicted molar refractivity (Wildman–Crippen MR) is 78.0 cm³/mol. The van der Waals surface area contributed by atoms with E-state index in [0.717, 1.165) is 25.7 Å². The van der Waals surface area contributed by atoms with Gasteiger partial charge in [0.2, 0.25) is 0 Å². The maximum Gasteiger partial charge on any atom is 0.573 e. The molecule has 122 valence electrons. The molecule has 0 radical (unpaired) electrons. The van der Waals surface area contributed by atoms with Crippen LogP contribution in [0.3, 0.4) is 0 Å². The Morgan fingerprint density at radius 2 is 1.90 bits per heavy atom. The van der Waals surface area contributed by atoms with Crippen LogP contribution in [0.2, 0.25) is 0 Å². The molecule has 3 nitrogen and oxygen atoms in total. The van der Waals surface area contributed by atoms with Crippen molar-refractivity contribution in [2.45, 2.75) is 45.0 Å². The first-order valence-corrected chi connectivity index (χ1v) is 6.56. The number of ether oxygens (including phenoxy) is 2. The molecule has 7 heteroatoms. The quantitative estimate of drug-likeness (QED) is 0.745. The molecule has 1 aromatic carbocycles. The standard InChI is InChI=1S/C14H20F3NO2.ClH/c1-3-4-5-6-12(18)11-8-7-10(9-13(11)19-2)20-14(15,16)17;/h7-9,12H,3-6,18H2,1-2H3;1H/t12-;/m0./s1. The van der Waals surface area contributed by atoms with Crippen molar-refractivity contribution in [3.05, 3.63) is 23.8 Å². The lowest BCUT2D eigenvalue weighted by Crippen LogP contribution is -2.17. The molecule has 1 rings (SSSR count). The summed E-state index contributed by atoms with van der Waals surface area (Å²) < 4.78 is 45.4. The lowest BCUT2D eigenvalue weighted by molar-refractivity contribution is -0.274. The molecule has 0 aliphatic heterocycles. The van der Waals surface area contributed by atoms with Crippen molar-refractivity contribution >= 4 is 12.4 Å². The highest BCUT2D eigenvalue weighted by Crippen LogP contribution is 2.32. The highest BCUT2D eigenvalue weighted by molar-refractivity contribution is 5.85. The second-order valence-corrected chi connectivity index (χ2v) is 4.55. The van der Waals surface area contributed by atoms with Crippen LogP contribution in [-0.4, -0.2) is 13.5 Å². The van der Waals surface area contributed by atoms with Gasteiger partial charge in [-0.1, -0.05) is 32.3 Å². The van der Waals surface area contributed by atoms with E-state index in [1.54, 1.807) is 0 Å². The van der Waals surface area contributed by atoms with Gasteiger partial charge in [-0.05, 0) is 12.5 Å². The minimum absolute atomic E-state index is 0. The molecule has 0 aliphatic carbocycles. The lowest BCUT2D eigenvalue weighted by Gasteiger charge is -2.17. The molecule has 0 saturated carbocycles. The van der Waals surface area contributed by atoms with E-state index in [1.807, 2.05) is 0 Å². The zero-order chi connectivity index (χ0) is 15.2. The van der Waals surface area contributed by atoms with Gasteiger partial charge in [-0.25, -0.2) is 0 Å². The Morgan fingerprint density at radius 3 is 2.43 bits per heavy atom. The second kappa shape index (κ2) is 9.00. The van der Waals surface area contributed by atoms with Crippen molar-refractivity contribution in [3.63, 3.8) is 0 Å². The van der Waals surface area contributed by atoms with Crippen LogP contribution in [0.15, 0.2) is 18.2 Å². The Bertz CT molecular complexity index is 427. The summed E-state index contributed by atoms with van der Waals surface area (Å²) in [5, 5.41) is 0. The third-order valence-electron chi connectivity index (χ3n) is 2.96. The molecule has 21 heavy (non-hydrogen) atoms. The summed E-state index contributed by atoms with van der Waals surface area (Å²) in [7, 11) is 1.40. The summed E-state index contributed by atoms with van der Waals surface area (Å²) >= 11 is 0. The molecule has 1 atom stereocenters. The average Bonchev–Trinajstić information content (AvgIpc) is 2.36. The molecule has 0 fully saturated rings. The first kappa shape index (κ1) is 19.9. The van der Waals surface area contributed by atoms with E-state index in [2.05, 4.69) is 11.7 Å². The molecular weight excluding hydrogens is 307 g/mol. The van der Waals surface area contributed by atoms with Crippen LogP contribution in [-0.2, 0) is 0 Å². The van der Waals surface area contributed by atoms with Crippen molar-refractivity contribution in [3.8, 4) is 11.5 Å². The van der Waals surface area contributed by atoms with Gasteiger partial charge in [0.05, 0.1) is 7.11 Å². The summed E-state index contributed by atoms with van der Waals surface area (Å²) in [5.41, 5.74) is 6.74. The minimum atomic E-state index is -4.71. The van der Waals surface area contributed by atoms with Crippen molar-refractivity contribution in [2.75, 3.05) is 7.11 Å². The third kappa shape index (κ3) is 6.91. The fourth-order valence-corrected chi connectivity index (χ4v) is 1.96. The van der Waals surface area contributed by atoms with Gasteiger partial charge >= 0.3 is 6.36 Å². The molecular formula is C14H21ClF3NO2. The van der Waals surface area contributed by atoms with Crippen LogP contribution in [0.1, 0.15) is 44.2 Å². The van der Waals surface area contributed by atoms with Crippen LogP contribution < -0.4 is 15.2 Å². The van der Waals surface area contributed by atoms with Crippen molar-refractivity contribution in [2.24, 2.45) is 5.73 Å². The maximum absolute atomic E-state index is 12.2. The average molecular weight is 328 g/mol. The van der Waals surface area contributed by atoms with E-state index in [0.29, 0.717) is 11.3 Å². The Balaban J connectivity index is 0.00000400. The van der Waals surface area contributed by atoms with Gasteiger partial charge in [-0.2, -0.15) is 0 Å². The number of unbranched alkanes of at least 4 members (excludes halogenated alkanes) is 2. The molecule has 2 N–H and O–H groups in total. The number of hydrogen-bond acceptors (Lipinski definition) is 3. The Hall–Kier alpha value is -1.14. The van der Waals surface area contributed by atoms with Crippen molar-refractivity contribution in [1.29, 1.82) is 0 Å². The van der Waals surface area contributed by atoms with Crippen molar-refractivity contribution < 1.29 is 22.6 Å². The Labute approximate surface area is 129 Å². The number of hydrogen-bond donors (Lipinski definition) is 1. The van der Waals surface area contributed by atoms with E-state index in [9.17, 15) is 13.2 Å². The van der Waals surface area contributed by atoms with Crippen molar-refractivity contribution in [1.82, 2.24) is 0 Å². The highest BCUT2D eigenvalue weighted by Gasteiger charge is 2.31. The summed E-state index contributed by atoms with van der Waals surface area (Å²) in [4.78, 5) is 0. The zero-order valence-electron chi connectivity index (χ0n) is 12.1. The topological polar surface area (TPSA) is 44.5 Å². The van der Waals surface area contributed by atoms with Gasteiger partial charge in [0, 0.05) is 17.7 Å². The van der Waals surface area contributed by atoms with E-state index < -0.39 is 6.36 Å². The lowest BCUT2D eigenvalue weighted by atomic mass is 10.0. The number of methoxy groups -OCH3 is 1. The molecule has 0 amide bonds. The predicted octanol–water partition coefficient (Wildman–Crippen LogP) is 4.60. The molecule has 0 unspecified atom stereocenters. The summed E-state index contributed by atoms with van der Waals surface area (Å²) in [6.45, 7) is 2.09. The van der Waals surface area contributed by atoms with Crippen LogP contribution in [0.4, 0.5) is 13.2 Å². The fraction of sp³-hybridized carbons (Fsp3) is 0.571. The molecule has 0 aliphatic rings. The van der Waals surface area contributed by atoms with Gasteiger partial charge in [0.1, 0.15) is 11.5 Å². The molecule has 0 spiro atoms. The van der Waals surface area contributed by atoms with Gasteiger partial charge in [-0.15, -0.1) is 25.6 Å².